The molecular formula is C16H13ClN4O2S. The lowest BCUT2D eigenvalue weighted by molar-refractivity contribution is 0.450. The van der Waals surface area contributed by atoms with E-state index in [1.54, 1.807) is 6.07 Å². The smallest absolute Gasteiger partial charge is 0.212 e. The summed E-state index contributed by atoms with van der Waals surface area (Å²) >= 11 is 7.59. The molecule has 6 nitrogen and oxygen atoms in total. The molecule has 8 heteroatoms. The SMILES string of the molecule is Oc1ccc(/C=N/n2cnnc2SCc2ccccc2Cl)c(O)c1. The van der Waals surface area contributed by atoms with Gasteiger partial charge in [0.25, 0.3) is 0 Å². The fourth-order valence-corrected chi connectivity index (χ4v) is 3.07. The van der Waals surface area contributed by atoms with Crippen LogP contribution in [0.25, 0.3) is 0 Å². The number of phenolic OH excluding ortho intramolecular Hbond substituents is 2. The Labute approximate surface area is 147 Å². The van der Waals surface area contributed by atoms with Gasteiger partial charge < -0.3 is 10.2 Å². The Morgan fingerprint density at radius 1 is 1.21 bits per heavy atom. The fraction of sp³-hybridized carbons (Fsp3) is 0.0625. The minimum atomic E-state index is -0.0582. The Balaban J connectivity index is 1.73. The number of phenols is 2. The largest absolute Gasteiger partial charge is 0.508 e. The Morgan fingerprint density at radius 3 is 2.83 bits per heavy atom. The fourth-order valence-electron chi connectivity index (χ4n) is 1.92. The highest BCUT2D eigenvalue weighted by atomic mass is 35.5. The van der Waals surface area contributed by atoms with Crippen LogP contribution in [0.3, 0.4) is 0 Å². The first kappa shape index (κ1) is 16.4. The summed E-state index contributed by atoms with van der Waals surface area (Å²) in [5.74, 6) is 0.570. The molecule has 1 aromatic heterocycles. The Hall–Kier alpha value is -2.51. The monoisotopic (exact) mass is 360 g/mol. The van der Waals surface area contributed by atoms with Gasteiger partial charge in [0.2, 0.25) is 5.16 Å². The van der Waals surface area contributed by atoms with Crippen molar-refractivity contribution >= 4 is 29.6 Å². The van der Waals surface area contributed by atoms with Gasteiger partial charge in [-0.05, 0) is 23.8 Å². The number of nitrogens with zero attached hydrogens (tertiary/aromatic N) is 4. The molecule has 1 heterocycles. The number of rotatable bonds is 5. The van der Waals surface area contributed by atoms with Crippen LogP contribution in [0, 0.1) is 0 Å². The first-order valence-corrected chi connectivity index (χ1v) is 8.32. The second-order valence-electron chi connectivity index (χ2n) is 4.83. The molecule has 0 unspecified atom stereocenters. The molecule has 0 radical (unpaired) electrons. The zero-order valence-corrected chi connectivity index (χ0v) is 13.9. The molecule has 3 aromatic rings. The molecule has 0 aliphatic heterocycles. The van der Waals surface area contributed by atoms with Gasteiger partial charge in [-0.2, -0.15) is 9.78 Å². The summed E-state index contributed by atoms with van der Waals surface area (Å²) in [5, 5.41) is 32.5. The van der Waals surface area contributed by atoms with Crippen molar-refractivity contribution in [1.82, 2.24) is 14.9 Å². The topological polar surface area (TPSA) is 83.5 Å². The van der Waals surface area contributed by atoms with E-state index in [1.807, 2.05) is 24.3 Å². The van der Waals surface area contributed by atoms with Crippen LogP contribution >= 0.6 is 23.4 Å². The number of aromatic hydroxyl groups is 2. The van der Waals surface area contributed by atoms with Gasteiger partial charge in [-0.3, -0.25) is 0 Å². The normalized spacial score (nSPS) is 11.2. The number of hydrogen-bond acceptors (Lipinski definition) is 6. The lowest BCUT2D eigenvalue weighted by Crippen LogP contribution is -1.93. The van der Waals surface area contributed by atoms with Crippen molar-refractivity contribution in [1.29, 1.82) is 0 Å². The van der Waals surface area contributed by atoms with E-state index in [0.29, 0.717) is 21.5 Å². The summed E-state index contributed by atoms with van der Waals surface area (Å²) in [6.45, 7) is 0. The van der Waals surface area contributed by atoms with E-state index >= 15 is 0 Å². The maximum Gasteiger partial charge on any atom is 0.212 e. The van der Waals surface area contributed by atoms with Gasteiger partial charge in [-0.25, -0.2) is 0 Å². The third kappa shape index (κ3) is 3.87. The van der Waals surface area contributed by atoms with Crippen molar-refractivity contribution < 1.29 is 10.2 Å². The maximum atomic E-state index is 9.76. The van der Waals surface area contributed by atoms with Crippen LogP contribution in [-0.2, 0) is 5.75 Å². The average molecular weight is 361 g/mol. The van der Waals surface area contributed by atoms with E-state index in [1.165, 1.54) is 41.1 Å². The third-order valence-electron chi connectivity index (χ3n) is 3.15. The lowest BCUT2D eigenvalue weighted by Gasteiger charge is -2.03. The van der Waals surface area contributed by atoms with Gasteiger partial charge >= 0.3 is 0 Å². The highest BCUT2D eigenvalue weighted by Crippen LogP contribution is 2.25. The number of hydrogen-bond donors (Lipinski definition) is 2. The van der Waals surface area contributed by atoms with Crippen LogP contribution in [0.5, 0.6) is 11.5 Å². The van der Waals surface area contributed by atoms with Crippen molar-refractivity contribution in [3.8, 4) is 11.5 Å². The van der Waals surface area contributed by atoms with Crippen LogP contribution in [0.4, 0.5) is 0 Å². The summed E-state index contributed by atoms with van der Waals surface area (Å²) in [4.78, 5) is 0. The van der Waals surface area contributed by atoms with E-state index in [4.69, 9.17) is 11.6 Å². The van der Waals surface area contributed by atoms with E-state index < -0.39 is 0 Å². The number of thioether (sulfide) groups is 1. The molecule has 0 amide bonds. The van der Waals surface area contributed by atoms with Gasteiger partial charge in [0.15, 0.2) is 0 Å². The van der Waals surface area contributed by atoms with Crippen LogP contribution in [-0.4, -0.2) is 31.3 Å². The van der Waals surface area contributed by atoms with Crippen molar-refractivity contribution in [2.45, 2.75) is 10.9 Å². The predicted octanol–water partition coefficient (Wildman–Crippen LogP) is 3.52. The van der Waals surface area contributed by atoms with E-state index in [9.17, 15) is 10.2 Å². The summed E-state index contributed by atoms with van der Waals surface area (Å²) < 4.78 is 1.51. The molecule has 0 atom stereocenters. The van der Waals surface area contributed by atoms with Crippen LogP contribution < -0.4 is 0 Å². The quantitative estimate of drug-likeness (QED) is 0.537. The molecule has 24 heavy (non-hydrogen) atoms. The molecule has 0 aliphatic carbocycles. The Morgan fingerprint density at radius 2 is 2.04 bits per heavy atom. The highest BCUT2D eigenvalue weighted by molar-refractivity contribution is 7.98. The molecule has 0 fully saturated rings. The molecule has 122 valence electrons. The molecular weight excluding hydrogens is 348 g/mol. The summed E-state index contributed by atoms with van der Waals surface area (Å²) in [6, 6.07) is 11.9. The maximum absolute atomic E-state index is 9.76. The Bertz CT molecular complexity index is 882. The Kier molecular flexibility index (Phi) is 5.02. The average Bonchev–Trinajstić information content (AvgIpc) is 3.01. The molecule has 0 bridgehead atoms. The van der Waals surface area contributed by atoms with Crippen LogP contribution in [0.1, 0.15) is 11.1 Å². The van der Waals surface area contributed by atoms with Gasteiger partial charge in [-0.15, -0.1) is 10.2 Å². The van der Waals surface area contributed by atoms with E-state index in [0.717, 1.165) is 5.56 Å². The second kappa shape index (κ2) is 7.37. The first-order valence-electron chi connectivity index (χ1n) is 6.96. The molecule has 0 saturated heterocycles. The zero-order chi connectivity index (χ0) is 16.9. The van der Waals surface area contributed by atoms with Gasteiger partial charge in [-0.1, -0.05) is 41.6 Å². The third-order valence-corrected chi connectivity index (χ3v) is 4.50. The van der Waals surface area contributed by atoms with E-state index in [2.05, 4.69) is 15.3 Å². The summed E-state index contributed by atoms with van der Waals surface area (Å²) in [7, 11) is 0. The predicted molar refractivity (Wildman–Crippen MR) is 93.8 cm³/mol. The van der Waals surface area contributed by atoms with Gasteiger partial charge in [0, 0.05) is 22.4 Å². The minimum absolute atomic E-state index is 0.00932. The molecule has 0 spiro atoms. The standard InChI is InChI=1S/C16H13ClN4O2S/c17-14-4-2-1-3-12(14)9-24-16-20-18-10-21(16)19-8-11-5-6-13(22)7-15(11)23/h1-8,10,22-23H,9H2/b19-8+. The molecule has 2 aromatic carbocycles. The van der Waals surface area contributed by atoms with Crippen LogP contribution in [0.2, 0.25) is 5.02 Å². The minimum Gasteiger partial charge on any atom is -0.508 e. The van der Waals surface area contributed by atoms with Gasteiger partial charge in [0.1, 0.15) is 17.8 Å². The number of halogens is 1. The second-order valence-corrected chi connectivity index (χ2v) is 6.18. The van der Waals surface area contributed by atoms with Crippen molar-refractivity contribution in [3.63, 3.8) is 0 Å². The van der Waals surface area contributed by atoms with Gasteiger partial charge in [0.05, 0.1) is 6.21 Å². The van der Waals surface area contributed by atoms with Crippen molar-refractivity contribution in [2.24, 2.45) is 5.10 Å². The zero-order valence-electron chi connectivity index (χ0n) is 12.4. The highest BCUT2D eigenvalue weighted by Gasteiger charge is 2.07. The molecule has 0 aliphatic rings. The number of aromatic nitrogens is 3. The molecule has 2 N–H and O–H groups in total. The molecule has 3 rings (SSSR count). The van der Waals surface area contributed by atoms with Crippen molar-refractivity contribution in [2.75, 3.05) is 0 Å². The summed E-state index contributed by atoms with van der Waals surface area (Å²) in [5.41, 5.74) is 1.47. The van der Waals surface area contributed by atoms with Crippen LogP contribution in [0.15, 0.2) is 59.0 Å². The van der Waals surface area contributed by atoms with E-state index in [-0.39, 0.29) is 11.5 Å². The lowest BCUT2D eigenvalue weighted by atomic mass is 10.2. The first-order chi connectivity index (χ1) is 11.6. The molecule has 0 saturated carbocycles. The summed E-state index contributed by atoms with van der Waals surface area (Å²) in [6.07, 6.45) is 2.95. The van der Waals surface area contributed by atoms with Crippen molar-refractivity contribution in [3.05, 3.63) is 64.9 Å². The number of benzene rings is 2.